The van der Waals surface area contributed by atoms with Crippen LogP contribution in [0.25, 0.3) is 11.1 Å². The molecule has 5 rings (SSSR count). The Morgan fingerprint density at radius 3 is 2.03 bits per heavy atom. The van der Waals surface area contributed by atoms with Crippen LogP contribution in [0, 0.1) is 0 Å². The summed E-state index contributed by atoms with van der Waals surface area (Å²) in [5.74, 6) is 0. The average Bonchev–Trinajstić information content (AvgIpc) is 3.45. The van der Waals surface area contributed by atoms with Gasteiger partial charge in [-0.3, -0.25) is 0 Å². The number of hydrogen-bond acceptors (Lipinski definition) is 0. The minimum absolute atomic E-state index is 0. The van der Waals surface area contributed by atoms with Gasteiger partial charge in [0.15, 0.2) is 0 Å². The molecular weight excluding hydrogens is 558 g/mol. The zero-order valence-electron chi connectivity index (χ0n) is 22.4. The maximum absolute atomic E-state index is 5.27. The van der Waals surface area contributed by atoms with E-state index in [1.54, 1.807) is 12.1 Å². The van der Waals surface area contributed by atoms with Crippen LogP contribution in [0.2, 0.25) is 0 Å². The topological polar surface area (TPSA) is 0 Å². The monoisotopic (exact) mass is 595 g/mol. The Bertz CT molecular complexity index is 1380. The number of halogens is 2. The fourth-order valence-corrected chi connectivity index (χ4v) is 16.3. The summed E-state index contributed by atoms with van der Waals surface area (Å²) >= 11 is -3.44. The van der Waals surface area contributed by atoms with Crippen LogP contribution in [0.1, 0.15) is 70.2 Å². The summed E-state index contributed by atoms with van der Waals surface area (Å²) in [5.41, 5.74) is 9.03. The van der Waals surface area contributed by atoms with Gasteiger partial charge >= 0.3 is 211 Å². The molecule has 189 valence electrons. The van der Waals surface area contributed by atoms with Crippen molar-refractivity contribution >= 4 is 35.6 Å². The third kappa shape index (κ3) is 4.85. The van der Waals surface area contributed by atoms with Gasteiger partial charge in [-0.05, 0) is 0 Å². The number of allylic oxidation sites excluding steroid dienone is 4. The SMILES string of the molecule is Cl.Cl.[CH2]=[Zr]([C]1=CC=CC1)([c]1ccccc1)[c]1c(C(C)(C)C)ccc2c1Cc1cc(C(C)(C)C)ccc1-2. The maximum atomic E-state index is 5.27. The Morgan fingerprint density at radius 2 is 1.44 bits per heavy atom. The quantitative estimate of drug-likeness (QED) is 0.224. The number of rotatable bonds is 3. The molecule has 3 aromatic rings. The molecule has 0 bridgehead atoms. The van der Waals surface area contributed by atoms with Crippen molar-refractivity contribution in [3.63, 3.8) is 0 Å². The van der Waals surface area contributed by atoms with Gasteiger partial charge in [0.1, 0.15) is 0 Å². The first-order valence-electron chi connectivity index (χ1n) is 12.6. The minimum atomic E-state index is -3.44. The van der Waals surface area contributed by atoms with Gasteiger partial charge in [0.25, 0.3) is 0 Å². The molecule has 0 aromatic heterocycles. The fourth-order valence-electron chi connectivity index (χ4n) is 5.83. The molecule has 2 aliphatic carbocycles. The van der Waals surface area contributed by atoms with Gasteiger partial charge < -0.3 is 0 Å². The van der Waals surface area contributed by atoms with Crippen LogP contribution in [0.4, 0.5) is 0 Å². The van der Waals surface area contributed by atoms with Crippen LogP contribution in [-0.2, 0) is 37.0 Å². The van der Waals surface area contributed by atoms with E-state index in [1.807, 2.05) is 0 Å². The van der Waals surface area contributed by atoms with E-state index in [-0.39, 0.29) is 35.6 Å². The Labute approximate surface area is 234 Å². The second kappa shape index (κ2) is 10.3. The second-order valence-electron chi connectivity index (χ2n) is 12.2. The normalized spacial score (nSPS) is 15.8. The van der Waals surface area contributed by atoms with Crippen molar-refractivity contribution in [1.29, 1.82) is 0 Å². The summed E-state index contributed by atoms with van der Waals surface area (Å²) in [5, 5.41) is 0. The molecule has 0 fully saturated rings. The van der Waals surface area contributed by atoms with Gasteiger partial charge in [0.05, 0.1) is 0 Å². The Morgan fingerprint density at radius 1 is 0.778 bits per heavy atom. The summed E-state index contributed by atoms with van der Waals surface area (Å²) in [4.78, 5) is 0. The van der Waals surface area contributed by atoms with Crippen molar-refractivity contribution in [2.24, 2.45) is 0 Å². The molecular formula is C33H39Cl2Zr. The van der Waals surface area contributed by atoms with Gasteiger partial charge in [-0.15, -0.1) is 24.8 Å². The van der Waals surface area contributed by atoms with Gasteiger partial charge in [0.2, 0.25) is 0 Å². The van der Waals surface area contributed by atoms with Crippen LogP contribution in [0.15, 0.2) is 82.2 Å². The zero-order valence-corrected chi connectivity index (χ0v) is 26.5. The standard InChI is InChI=1S/C21H25.C6H5.C5H5.CH2.2ClH.Zr/c1-20(2,3)16-7-9-18-14(12-16)11-15-13-17(21(4,5)6)8-10-19(15)18;1-2-4-6-5-3-1;1-2-4-5-3-1;;;;/h7-10,12H,11H2,1-6H3;1-5H;1-3H,4H2;1H2;2*1H;. The predicted octanol–water partition coefficient (Wildman–Crippen LogP) is 8.08. The number of hydrogen-bond donors (Lipinski definition) is 0. The molecule has 0 heterocycles. The summed E-state index contributed by atoms with van der Waals surface area (Å²) in [6.07, 6.45) is 9.03. The van der Waals surface area contributed by atoms with E-state index >= 15 is 0 Å². The predicted molar refractivity (Wildman–Crippen MR) is 161 cm³/mol. The van der Waals surface area contributed by atoms with E-state index in [9.17, 15) is 0 Å². The molecule has 0 saturated carbocycles. The molecule has 3 aromatic carbocycles. The molecule has 0 amide bonds. The summed E-state index contributed by atoms with van der Waals surface area (Å²) in [6.45, 7) is 14.1. The molecule has 1 atom stereocenters. The average molecular weight is 598 g/mol. The van der Waals surface area contributed by atoms with Crippen molar-refractivity contribution in [2.75, 3.05) is 0 Å². The van der Waals surface area contributed by atoms with Crippen LogP contribution in [-0.4, -0.2) is 4.21 Å². The van der Waals surface area contributed by atoms with Gasteiger partial charge in [-0.25, -0.2) is 0 Å². The molecule has 0 saturated heterocycles. The Hall–Kier alpha value is -1.53. The fraction of sp³-hybridized carbons (Fsp3) is 0.303. The zero-order chi connectivity index (χ0) is 24.3. The molecule has 0 nitrogen and oxygen atoms in total. The number of benzene rings is 3. The third-order valence-electron chi connectivity index (χ3n) is 7.76. The van der Waals surface area contributed by atoms with Crippen molar-refractivity contribution in [2.45, 2.75) is 65.2 Å². The third-order valence-corrected chi connectivity index (χ3v) is 18.1. The van der Waals surface area contributed by atoms with E-state index < -0.39 is 19.8 Å². The van der Waals surface area contributed by atoms with Crippen molar-refractivity contribution in [3.05, 3.63) is 104 Å². The van der Waals surface area contributed by atoms with Gasteiger partial charge in [-0.2, -0.15) is 0 Å². The van der Waals surface area contributed by atoms with Crippen molar-refractivity contribution < 1.29 is 19.8 Å². The first kappa shape index (κ1) is 29.0. The van der Waals surface area contributed by atoms with E-state index in [4.69, 9.17) is 4.21 Å². The van der Waals surface area contributed by atoms with Crippen molar-refractivity contribution in [3.8, 4) is 11.1 Å². The van der Waals surface area contributed by atoms with E-state index in [0.717, 1.165) is 12.8 Å². The molecule has 0 radical (unpaired) electrons. The summed E-state index contributed by atoms with van der Waals surface area (Å²) in [7, 11) is 0. The first-order valence-corrected chi connectivity index (χ1v) is 18.0. The molecule has 0 aliphatic heterocycles. The second-order valence-corrected chi connectivity index (χ2v) is 20.8. The van der Waals surface area contributed by atoms with Crippen LogP contribution < -0.4 is 6.54 Å². The molecule has 1 unspecified atom stereocenters. The van der Waals surface area contributed by atoms with E-state index in [1.165, 1.54) is 31.1 Å². The molecule has 36 heavy (non-hydrogen) atoms. The Kier molecular flexibility index (Phi) is 8.33. The first-order chi connectivity index (χ1) is 16.0. The number of fused-ring (bicyclic) bond motifs is 3. The molecule has 2 aliphatic rings. The van der Waals surface area contributed by atoms with Gasteiger partial charge in [0, 0.05) is 0 Å². The Balaban J connectivity index is 0.00000180. The molecule has 0 spiro atoms. The van der Waals surface area contributed by atoms with Crippen molar-refractivity contribution in [1.82, 2.24) is 0 Å². The van der Waals surface area contributed by atoms with E-state index in [2.05, 4.69) is 120 Å². The summed E-state index contributed by atoms with van der Waals surface area (Å²) in [6, 6.07) is 23.3. The van der Waals surface area contributed by atoms with Crippen LogP contribution in [0.5, 0.6) is 0 Å². The van der Waals surface area contributed by atoms with Gasteiger partial charge in [-0.1, -0.05) is 0 Å². The van der Waals surface area contributed by atoms with Crippen LogP contribution >= 0.6 is 24.8 Å². The molecule has 0 N–H and O–H groups in total. The van der Waals surface area contributed by atoms with E-state index in [0.29, 0.717) is 0 Å². The summed E-state index contributed by atoms with van der Waals surface area (Å²) < 4.78 is 9.96. The van der Waals surface area contributed by atoms with Crippen LogP contribution in [0.3, 0.4) is 0 Å². The molecule has 3 heteroatoms.